The first-order valence-corrected chi connectivity index (χ1v) is 6.39. The maximum atomic E-state index is 12.2. The largest absolute Gasteiger partial charge is 0.358 e. The number of piperidine rings is 1. The van der Waals surface area contributed by atoms with E-state index in [-0.39, 0.29) is 17.4 Å². The number of H-pyrrole nitrogens is 1. The second kappa shape index (κ2) is 5.83. The van der Waals surface area contributed by atoms with Gasteiger partial charge in [-0.1, -0.05) is 0 Å². The SMILES string of the molecule is CNCC1CCCN(C(=O)c2ccc([N+](=O)[O-])[nH]2)C1. The normalized spacial score (nSPS) is 19.4. The summed E-state index contributed by atoms with van der Waals surface area (Å²) < 4.78 is 0. The molecular formula is C12H18N4O3. The number of aromatic amines is 1. The number of nitrogens with zero attached hydrogens (tertiary/aromatic N) is 2. The number of rotatable bonds is 4. The summed E-state index contributed by atoms with van der Waals surface area (Å²) >= 11 is 0. The van der Waals surface area contributed by atoms with Crippen molar-refractivity contribution in [2.24, 2.45) is 5.92 Å². The Morgan fingerprint density at radius 1 is 1.63 bits per heavy atom. The van der Waals surface area contributed by atoms with Gasteiger partial charge in [-0.15, -0.1) is 0 Å². The number of amides is 1. The Balaban J connectivity index is 2.03. The minimum Gasteiger partial charge on any atom is -0.358 e. The molecule has 1 aliphatic heterocycles. The molecule has 1 saturated heterocycles. The fraction of sp³-hybridized carbons (Fsp3) is 0.583. The first-order chi connectivity index (χ1) is 9.11. The van der Waals surface area contributed by atoms with E-state index in [1.54, 1.807) is 4.90 Å². The third-order valence-corrected chi connectivity index (χ3v) is 3.40. The molecule has 1 aromatic heterocycles. The lowest BCUT2D eigenvalue weighted by atomic mass is 9.98. The zero-order valence-electron chi connectivity index (χ0n) is 10.9. The number of aromatic nitrogens is 1. The number of hydrogen-bond acceptors (Lipinski definition) is 4. The van der Waals surface area contributed by atoms with E-state index < -0.39 is 4.92 Å². The van der Waals surface area contributed by atoms with E-state index in [0.29, 0.717) is 19.0 Å². The van der Waals surface area contributed by atoms with Gasteiger partial charge < -0.3 is 20.3 Å². The first-order valence-electron chi connectivity index (χ1n) is 6.39. The second-order valence-electron chi connectivity index (χ2n) is 4.83. The van der Waals surface area contributed by atoms with Crippen LogP contribution in [0.3, 0.4) is 0 Å². The fourth-order valence-electron chi connectivity index (χ4n) is 2.49. The van der Waals surface area contributed by atoms with Gasteiger partial charge in [0.15, 0.2) is 5.69 Å². The molecule has 1 unspecified atom stereocenters. The summed E-state index contributed by atoms with van der Waals surface area (Å²) in [6.07, 6.45) is 2.08. The highest BCUT2D eigenvalue weighted by molar-refractivity contribution is 5.93. The van der Waals surface area contributed by atoms with Crippen LogP contribution < -0.4 is 5.32 Å². The van der Waals surface area contributed by atoms with Crippen molar-refractivity contribution in [1.29, 1.82) is 0 Å². The van der Waals surface area contributed by atoms with Crippen LogP contribution in [0.15, 0.2) is 12.1 Å². The highest BCUT2D eigenvalue weighted by Crippen LogP contribution is 2.19. The summed E-state index contributed by atoms with van der Waals surface area (Å²) in [5, 5.41) is 13.7. The summed E-state index contributed by atoms with van der Waals surface area (Å²) in [6, 6.07) is 2.80. The summed E-state index contributed by atoms with van der Waals surface area (Å²) in [5.74, 6) is 0.147. The molecule has 7 nitrogen and oxygen atoms in total. The van der Waals surface area contributed by atoms with Crippen LogP contribution in [-0.4, -0.2) is 47.4 Å². The Bertz CT molecular complexity index is 469. The van der Waals surface area contributed by atoms with Gasteiger partial charge in [-0.2, -0.15) is 0 Å². The molecule has 0 aromatic carbocycles. The van der Waals surface area contributed by atoms with Gasteiger partial charge in [0.25, 0.3) is 5.91 Å². The maximum absolute atomic E-state index is 12.2. The van der Waals surface area contributed by atoms with Crippen molar-refractivity contribution in [2.45, 2.75) is 12.8 Å². The number of nitrogens with one attached hydrogen (secondary N) is 2. The van der Waals surface area contributed by atoms with Crippen molar-refractivity contribution in [2.75, 3.05) is 26.7 Å². The number of likely N-dealkylation sites (tertiary alicyclic amines) is 1. The number of nitro groups is 1. The third kappa shape index (κ3) is 3.11. The molecule has 1 amide bonds. The zero-order chi connectivity index (χ0) is 13.8. The van der Waals surface area contributed by atoms with Crippen molar-refractivity contribution < 1.29 is 9.72 Å². The van der Waals surface area contributed by atoms with Gasteiger partial charge in [0.05, 0.1) is 0 Å². The molecule has 19 heavy (non-hydrogen) atoms. The molecule has 1 aromatic rings. The minimum atomic E-state index is -0.531. The van der Waals surface area contributed by atoms with Crippen LogP contribution in [0.25, 0.3) is 0 Å². The van der Waals surface area contributed by atoms with Crippen LogP contribution in [0.1, 0.15) is 23.3 Å². The lowest BCUT2D eigenvalue weighted by Gasteiger charge is -2.31. The molecule has 2 N–H and O–H groups in total. The summed E-state index contributed by atoms with van der Waals surface area (Å²) in [4.78, 5) is 26.6. The van der Waals surface area contributed by atoms with Crippen molar-refractivity contribution in [1.82, 2.24) is 15.2 Å². The van der Waals surface area contributed by atoms with E-state index in [4.69, 9.17) is 0 Å². The average molecular weight is 266 g/mol. The molecule has 1 fully saturated rings. The maximum Gasteiger partial charge on any atom is 0.321 e. The Morgan fingerprint density at radius 2 is 2.42 bits per heavy atom. The standard InChI is InChI=1S/C12H18N4O3/c1-13-7-9-3-2-6-15(8-9)12(17)10-4-5-11(14-10)16(18)19/h4-5,9,13-14H,2-3,6-8H2,1H3. The predicted molar refractivity (Wildman–Crippen MR) is 70.0 cm³/mol. The van der Waals surface area contributed by atoms with Crippen LogP contribution in [0.2, 0.25) is 0 Å². The molecule has 2 rings (SSSR count). The third-order valence-electron chi connectivity index (χ3n) is 3.40. The topological polar surface area (TPSA) is 91.3 Å². The van der Waals surface area contributed by atoms with Gasteiger partial charge in [0.1, 0.15) is 0 Å². The van der Waals surface area contributed by atoms with Crippen molar-refractivity contribution in [3.05, 3.63) is 27.9 Å². The Kier molecular flexibility index (Phi) is 4.16. The second-order valence-corrected chi connectivity index (χ2v) is 4.83. The first kappa shape index (κ1) is 13.5. The highest BCUT2D eigenvalue weighted by Gasteiger charge is 2.26. The molecule has 7 heteroatoms. The van der Waals surface area contributed by atoms with Crippen molar-refractivity contribution >= 4 is 11.7 Å². The molecule has 1 atom stereocenters. The molecule has 0 spiro atoms. The molecule has 104 valence electrons. The monoisotopic (exact) mass is 266 g/mol. The molecule has 0 radical (unpaired) electrons. The van der Waals surface area contributed by atoms with Crippen molar-refractivity contribution in [3.63, 3.8) is 0 Å². The lowest BCUT2D eigenvalue weighted by molar-refractivity contribution is -0.389. The Labute approximate surface area is 111 Å². The van der Waals surface area contributed by atoms with E-state index in [1.807, 2.05) is 7.05 Å². The smallest absolute Gasteiger partial charge is 0.321 e. The molecule has 0 aliphatic carbocycles. The average Bonchev–Trinajstić information content (AvgIpc) is 2.88. The highest BCUT2D eigenvalue weighted by atomic mass is 16.6. The summed E-state index contributed by atoms with van der Waals surface area (Å²) in [6.45, 7) is 2.30. The fourth-order valence-corrected chi connectivity index (χ4v) is 2.49. The lowest BCUT2D eigenvalue weighted by Crippen LogP contribution is -2.42. The van der Waals surface area contributed by atoms with Crippen LogP contribution in [0, 0.1) is 16.0 Å². The van der Waals surface area contributed by atoms with E-state index in [1.165, 1.54) is 12.1 Å². The number of hydrogen-bond donors (Lipinski definition) is 2. The number of carbonyl (C=O) groups is 1. The van der Waals surface area contributed by atoms with E-state index in [0.717, 1.165) is 19.4 Å². The van der Waals surface area contributed by atoms with Crippen LogP contribution in [0.4, 0.5) is 5.82 Å². The van der Waals surface area contributed by atoms with Crippen LogP contribution >= 0.6 is 0 Å². The van der Waals surface area contributed by atoms with Gasteiger partial charge in [-0.05, 0) is 43.3 Å². The van der Waals surface area contributed by atoms with Crippen LogP contribution in [0.5, 0.6) is 0 Å². The van der Waals surface area contributed by atoms with Gasteiger partial charge in [-0.25, -0.2) is 4.98 Å². The van der Waals surface area contributed by atoms with Crippen molar-refractivity contribution in [3.8, 4) is 0 Å². The molecular weight excluding hydrogens is 248 g/mol. The van der Waals surface area contributed by atoms with Gasteiger partial charge in [0.2, 0.25) is 0 Å². The van der Waals surface area contributed by atoms with Gasteiger partial charge >= 0.3 is 5.82 Å². The summed E-state index contributed by atoms with van der Waals surface area (Å²) in [7, 11) is 1.90. The van der Waals surface area contributed by atoms with E-state index in [2.05, 4.69) is 10.3 Å². The summed E-state index contributed by atoms with van der Waals surface area (Å²) in [5.41, 5.74) is 0.289. The predicted octanol–water partition coefficient (Wildman–Crippen LogP) is 0.994. The minimum absolute atomic E-state index is 0.146. The molecule has 1 aliphatic rings. The van der Waals surface area contributed by atoms with Gasteiger partial charge in [-0.3, -0.25) is 4.79 Å². The van der Waals surface area contributed by atoms with Gasteiger partial charge in [0, 0.05) is 19.2 Å². The zero-order valence-corrected chi connectivity index (χ0v) is 10.9. The quantitative estimate of drug-likeness (QED) is 0.628. The van der Waals surface area contributed by atoms with E-state index >= 15 is 0 Å². The molecule has 0 bridgehead atoms. The van der Waals surface area contributed by atoms with E-state index in [9.17, 15) is 14.9 Å². The number of carbonyl (C=O) groups excluding carboxylic acids is 1. The van der Waals surface area contributed by atoms with Crippen LogP contribution in [-0.2, 0) is 0 Å². The molecule has 0 saturated carbocycles. The Hall–Kier alpha value is -1.89. The Morgan fingerprint density at radius 3 is 3.05 bits per heavy atom. The molecule has 2 heterocycles.